The van der Waals surface area contributed by atoms with E-state index in [2.05, 4.69) is 18.2 Å². The van der Waals surface area contributed by atoms with Crippen molar-refractivity contribution in [3.63, 3.8) is 0 Å². The highest BCUT2D eigenvalue weighted by atomic mass is 16.7. The van der Waals surface area contributed by atoms with Gasteiger partial charge in [0.1, 0.15) is 12.1 Å². The molecule has 0 saturated carbocycles. The average Bonchev–Trinajstić information content (AvgIpc) is 2.77. The van der Waals surface area contributed by atoms with Gasteiger partial charge in [-0.2, -0.15) is 0 Å². The molecule has 114 valence electrons. The van der Waals surface area contributed by atoms with Crippen molar-refractivity contribution >= 4 is 5.91 Å². The number of carbonyl (C=O) groups excluding carboxylic acids is 1. The van der Waals surface area contributed by atoms with Gasteiger partial charge in [-0.05, 0) is 20.3 Å². The Morgan fingerprint density at radius 3 is 2.86 bits per heavy atom. The maximum absolute atomic E-state index is 12.2. The molecule has 0 radical (unpaired) electrons. The summed E-state index contributed by atoms with van der Waals surface area (Å²) in [6.07, 6.45) is 7.40. The van der Waals surface area contributed by atoms with Gasteiger partial charge in [0.15, 0.2) is 11.4 Å². The number of hydrogen-bond donors (Lipinski definition) is 1. The zero-order chi connectivity index (χ0) is 15.7. The number of aliphatic hydroxyl groups is 1. The van der Waals surface area contributed by atoms with E-state index in [1.54, 1.807) is 18.7 Å². The highest BCUT2D eigenvalue weighted by molar-refractivity contribution is 5.95. The first-order chi connectivity index (χ1) is 9.85. The van der Waals surface area contributed by atoms with Crippen molar-refractivity contribution in [3.8, 4) is 12.3 Å². The van der Waals surface area contributed by atoms with E-state index in [4.69, 9.17) is 15.9 Å². The van der Waals surface area contributed by atoms with Crippen molar-refractivity contribution in [2.75, 3.05) is 13.2 Å². The Morgan fingerprint density at radius 2 is 2.33 bits per heavy atom. The van der Waals surface area contributed by atoms with Crippen LogP contribution >= 0.6 is 0 Å². The number of unbranched alkanes of at least 4 members (excludes halogenated alkanes) is 1. The zero-order valence-corrected chi connectivity index (χ0v) is 12.5. The molecule has 0 aromatic carbocycles. The number of hydrogen-bond acceptors (Lipinski definition) is 4. The molecule has 2 rings (SSSR count). The summed E-state index contributed by atoms with van der Waals surface area (Å²) in [6, 6.07) is -0.501. The number of terminal acetylenes is 1. The minimum atomic E-state index is -1.62. The standard InChI is InChI=1S/C16H21NO4/c1-5-7-8-10-17-13(12-11-20-15(3,4)21-12)16(19,9-6-2)14(17)18/h1,9,12-13,19H,2,7-8,10-11H2,3-4H3/t12-,13+,16-/m1/s1. The zero-order valence-electron chi connectivity index (χ0n) is 12.5. The second-order valence-corrected chi connectivity index (χ2v) is 5.79. The fraction of sp³-hybridized carbons (Fsp3) is 0.625. The summed E-state index contributed by atoms with van der Waals surface area (Å²) in [6.45, 7) is 7.86. The third kappa shape index (κ3) is 2.76. The lowest BCUT2D eigenvalue weighted by Gasteiger charge is -2.53. The van der Waals surface area contributed by atoms with Crippen molar-refractivity contribution in [3.05, 3.63) is 18.4 Å². The predicted octanol–water partition coefficient (Wildman–Crippen LogP) is 0.834. The Morgan fingerprint density at radius 1 is 1.62 bits per heavy atom. The molecule has 0 aliphatic carbocycles. The fourth-order valence-corrected chi connectivity index (χ4v) is 2.90. The molecule has 2 aliphatic heterocycles. The molecule has 2 heterocycles. The summed E-state index contributed by atoms with van der Waals surface area (Å²) in [5.41, 5.74) is 0.883. The minimum absolute atomic E-state index is 0.323. The van der Waals surface area contributed by atoms with Crippen LogP contribution in [0, 0.1) is 12.3 Å². The van der Waals surface area contributed by atoms with Gasteiger partial charge in [-0.15, -0.1) is 18.1 Å². The van der Waals surface area contributed by atoms with E-state index in [-0.39, 0.29) is 5.91 Å². The Bertz CT molecular complexity index is 515. The van der Waals surface area contributed by atoms with E-state index in [0.717, 1.165) is 0 Å². The molecular weight excluding hydrogens is 270 g/mol. The number of carbonyl (C=O) groups is 1. The molecule has 1 amide bonds. The molecule has 1 N–H and O–H groups in total. The number of ether oxygens (including phenoxy) is 2. The Hall–Kier alpha value is -1.57. The maximum atomic E-state index is 12.2. The van der Waals surface area contributed by atoms with E-state index in [1.807, 2.05) is 0 Å². The fourth-order valence-electron chi connectivity index (χ4n) is 2.90. The van der Waals surface area contributed by atoms with Crippen molar-refractivity contribution in [2.45, 2.75) is 50.2 Å². The molecular formula is C16H21NO4. The number of rotatable bonds is 5. The first-order valence-electron chi connectivity index (χ1n) is 7.01. The lowest BCUT2D eigenvalue weighted by Crippen LogP contribution is -2.77. The summed E-state index contributed by atoms with van der Waals surface area (Å²) < 4.78 is 11.3. The van der Waals surface area contributed by atoms with Crippen LogP contribution < -0.4 is 0 Å². The van der Waals surface area contributed by atoms with Crippen LogP contribution in [-0.2, 0) is 14.3 Å². The van der Waals surface area contributed by atoms with Crippen LogP contribution in [0.1, 0.15) is 26.7 Å². The second-order valence-electron chi connectivity index (χ2n) is 5.79. The number of amides is 1. The number of β-lactam (4-membered cyclic amide) rings is 1. The lowest BCUT2D eigenvalue weighted by atomic mass is 9.78. The van der Waals surface area contributed by atoms with Crippen LogP contribution in [0.5, 0.6) is 0 Å². The monoisotopic (exact) mass is 291 g/mol. The Kier molecular flexibility index (Phi) is 4.27. The van der Waals surface area contributed by atoms with E-state index in [9.17, 15) is 9.90 Å². The summed E-state index contributed by atoms with van der Waals surface area (Å²) >= 11 is 0. The van der Waals surface area contributed by atoms with Gasteiger partial charge in [0, 0.05) is 19.0 Å². The van der Waals surface area contributed by atoms with Gasteiger partial charge in [0.05, 0.1) is 6.61 Å². The predicted molar refractivity (Wildman–Crippen MR) is 77.1 cm³/mol. The van der Waals surface area contributed by atoms with Crippen LogP contribution in [0.15, 0.2) is 18.4 Å². The summed E-state index contributed by atoms with van der Waals surface area (Å²) in [7, 11) is 0. The summed E-state index contributed by atoms with van der Waals surface area (Å²) in [4.78, 5) is 13.8. The molecule has 0 aromatic rings. The van der Waals surface area contributed by atoms with Gasteiger partial charge in [-0.25, -0.2) is 0 Å². The Labute approximate surface area is 125 Å². The molecule has 2 saturated heterocycles. The topological polar surface area (TPSA) is 59.0 Å². The number of likely N-dealkylation sites (tertiary alicyclic amines) is 1. The first kappa shape index (κ1) is 15.8. The third-order valence-corrected chi connectivity index (χ3v) is 3.81. The molecule has 0 bridgehead atoms. The summed E-state index contributed by atoms with van der Waals surface area (Å²) in [5.74, 6) is 1.46. The molecule has 3 atom stereocenters. The minimum Gasteiger partial charge on any atom is -0.374 e. The van der Waals surface area contributed by atoms with E-state index in [0.29, 0.717) is 26.0 Å². The van der Waals surface area contributed by atoms with E-state index >= 15 is 0 Å². The van der Waals surface area contributed by atoms with Crippen molar-refractivity contribution in [1.82, 2.24) is 4.90 Å². The SMILES string of the molecule is C#CCCCN1C(=O)[C@@](O)(C=C=C)[C@@H]1[C@H]1COC(C)(C)O1. The van der Waals surface area contributed by atoms with Crippen LogP contribution in [-0.4, -0.2) is 52.6 Å². The third-order valence-electron chi connectivity index (χ3n) is 3.81. The first-order valence-corrected chi connectivity index (χ1v) is 7.01. The largest absolute Gasteiger partial charge is 0.374 e. The van der Waals surface area contributed by atoms with Gasteiger partial charge in [-0.3, -0.25) is 4.79 Å². The van der Waals surface area contributed by atoms with Gasteiger partial charge in [-0.1, -0.05) is 6.58 Å². The maximum Gasteiger partial charge on any atom is 0.261 e. The van der Waals surface area contributed by atoms with Crippen molar-refractivity contribution < 1.29 is 19.4 Å². The molecule has 0 unspecified atom stereocenters. The smallest absolute Gasteiger partial charge is 0.261 e. The summed E-state index contributed by atoms with van der Waals surface area (Å²) in [5, 5.41) is 10.6. The van der Waals surface area contributed by atoms with E-state index in [1.165, 1.54) is 6.08 Å². The normalized spacial score (nSPS) is 34.0. The van der Waals surface area contributed by atoms with Gasteiger partial charge in [0.25, 0.3) is 5.91 Å². The van der Waals surface area contributed by atoms with Crippen LogP contribution in [0.25, 0.3) is 0 Å². The van der Waals surface area contributed by atoms with Crippen LogP contribution in [0.4, 0.5) is 0 Å². The molecule has 5 nitrogen and oxygen atoms in total. The van der Waals surface area contributed by atoms with Crippen molar-refractivity contribution in [1.29, 1.82) is 0 Å². The average molecular weight is 291 g/mol. The quantitative estimate of drug-likeness (QED) is 0.353. The van der Waals surface area contributed by atoms with Gasteiger partial charge < -0.3 is 19.5 Å². The molecule has 21 heavy (non-hydrogen) atoms. The second kappa shape index (κ2) is 5.67. The molecule has 0 spiro atoms. The molecule has 5 heteroatoms. The lowest BCUT2D eigenvalue weighted by molar-refractivity contribution is -0.204. The number of nitrogens with zero attached hydrogens (tertiary/aromatic N) is 1. The Balaban J connectivity index is 2.17. The van der Waals surface area contributed by atoms with E-state index < -0.39 is 23.5 Å². The molecule has 2 aliphatic rings. The van der Waals surface area contributed by atoms with Crippen LogP contribution in [0.2, 0.25) is 0 Å². The highest BCUT2D eigenvalue weighted by Gasteiger charge is 2.63. The van der Waals surface area contributed by atoms with Crippen molar-refractivity contribution in [2.24, 2.45) is 0 Å². The highest BCUT2D eigenvalue weighted by Crippen LogP contribution is 2.39. The molecule has 0 aromatic heterocycles. The van der Waals surface area contributed by atoms with Gasteiger partial charge in [0.2, 0.25) is 0 Å². The van der Waals surface area contributed by atoms with Crippen LogP contribution in [0.3, 0.4) is 0 Å². The van der Waals surface area contributed by atoms with Gasteiger partial charge >= 0.3 is 0 Å². The molecule has 2 fully saturated rings.